The van der Waals surface area contributed by atoms with Gasteiger partial charge in [0.05, 0.1) is 6.07 Å². The lowest BCUT2D eigenvalue weighted by atomic mass is 9.97. The van der Waals surface area contributed by atoms with Crippen molar-refractivity contribution in [3.05, 3.63) is 77.4 Å². The molecule has 3 heteroatoms. The third kappa shape index (κ3) is 2.61. The van der Waals surface area contributed by atoms with Gasteiger partial charge in [0.25, 0.3) is 0 Å². The lowest BCUT2D eigenvalue weighted by Gasteiger charge is -2.07. The molecule has 0 saturated carbocycles. The Balaban J connectivity index is 2.55. The summed E-state index contributed by atoms with van der Waals surface area (Å²) < 4.78 is 26.4. The van der Waals surface area contributed by atoms with Crippen LogP contribution in [-0.2, 0) is 0 Å². The van der Waals surface area contributed by atoms with Gasteiger partial charge in [-0.1, -0.05) is 24.3 Å². The molecule has 0 aromatic heterocycles. The first-order valence-electron chi connectivity index (χ1n) is 5.32. The minimum absolute atomic E-state index is 0.396. The number of benzene rings is 2. The van der Waals surface area contributed by atoms with E-state index in [1.807, 2.05) is 6.07 Å². The van der Waals surface area contributed by atoms with E-state index in [0.29, 0.717) is 16.7 Å². The third-order valence-corrected chi connectivity index (χ3v) is 2.48. The number of hydrogen-bond donors (Lipinski definition) is 0. The van der Waals surface area contributed by atoms with Crippen LogP contribution in [0.25, 0.3) is 5.57 Å². The van der Waals surface area contributed by atoms with E-state index in [-0.39, 0.29) is 0 Å². The molecule has 0 amide bonds. The van der Waals surface area contributed by atoms with Gasteiger partial charge in [-0.2, -0.15) is 5.26 Å². The van der Waals surface area contributed by atoms with Gasteiger partial charge < -0.3 is 0 Å². The molecule has 0 N–H and O–H groups in total. The van der Waals surface area contributed by atoms with Crippen molar-refractivity contribution >= 4 is 5.57 Å². The normalized spacial score (nSPS) is 9.61. The summed E-state index contributed by atoms with van der Waals surface area (Å²) >= 11 is 0. The third-order valence-electron chi connectivity index (χ3n) is 2.48. The van der Waals surface area contributed by atoms with E-state index in [1.54, 1.807) is 24.3 Å². The fraction of sp³-hybridized carbons (Fsp3) is 0. The van der Waals surface area contributed by atoms with Crippen molar-refractivity contribution in [1.29, 1.82) is 5.26 Å². The Hall–Kier alpha value is -2.47. The first-order chi connectivity index (χ1) is 8.70. The highest BCUT2D eigenvalue weighted by Gasteiger charge is 2.06. The summed E-state index contributed by atoms with van der Waals surface area (Å²) in [6.45, 7) is 0. The Bertz CT molecular complexity index is 591. The van der Waals surface area contributed by atoms with Crippen LogP contribution in [0.15, 0.2) is 54.6 Å². The zero-order chi connectivity index (χ0) is 13.0. The molecule has 88 valence electrons. The second-order valence-electron chi connectivity index (χ2n) is 3.71. The van der Waals surface area contributed by atoms with Gasteiger partial charge in [-0.05, 0) is 41.0 Å². The van der Waals surface area contributed by atoms with Crippen molar-refractivity contribution in [1.82, 2.24) is 0 Å². The highest BCUT2D eigenvalue weighted by molar-refractivity contribution is 5.81. The quantitative estimate of drug-likeness (QED) is 0.731. The van der Waals surface area contributed by atoms with Gasteiger partial charge in [-0.15, -0.1) is 0 Å². The number of nitriles is 1. The SMILES string of the molecule is N#CC=C(c1cccc(F)c1)c1cccc(F)c1. The largest absolute Gasteiger partial charge is 0.207 e. The highest BCUT2D eigenvalue weighted by atomic mass is 19.1. The van der Waals surface area contributed by atoms with Crippen molar-refractivity contribution in [3.8, 4) is 6.07 Å². The Labute approximate surface area is 104 Å². The Kier molecular flexibility index (Phi) is 3.49. The van der Waals surface area contributed by atoms with Crippen molar-refractivity contribution in [2.24, 2.45) is 0 Å². The zero-order valence-corrected chi connectivity index (χ0v) is 9.40. The first-order valence-corrected chi connectivity index (χ1v) is 5.32. The Morgan fingerprint density at radius 1 is 0.944 bits per heavy atom. The molecule has 0 heterocycles. The van der Waals surface area contributed by atoms with Gasteiger partial charge in [0.15, 0.2) is 0 Å². The summed E-state index contributed by atoms with van der Waals surface area (Å²) in [5, 5.41) is 8.78. The minimum Gasteiger partial charge on any atom is -0.207 e. The second kappa shape index (κ2) is 5.24. The molecule has 0 aliphatic heterocycles. The monoisotopic (exact) mass is 241 g/mol. The second-order valence-corrected chi connectivity index (χ2v) is 3.71. The predicted molar refractivity (Wildman–Crippen MR) is 65.5 cm³/mol. The summed E-state index contributed by atoms with van der Waals surface area (Å²) in [7, 11) is 0. The van der Waals surface area contributed by atoms with Crippen LogP contribution in [0.2, 0.25) is 0 Å². The molecule has 18 heavy (non-hydrogen) atoms. The van der Waals surface area contributed by atoms with Crippen LogP contribution in [0.5, 0.6) is 0 Å². The zero-order valence-electron chi connectivity index (χ0n) is 9.40. The number of hydrogen-bond acceptors (Lipinski definition) is 1. The van der Waals surface area contributed by atoms with Crippen molar-refractivity contribution in [2.75, 3.05) is 0 Å². The molecule has 0 fully saturated rings. The molecule has 1 nitrogen and oxygen atoms in total. The highest BCUT2D eigenvalue weighted by Crippen LogP contribution is 2.24. The fourth-order valence-electron chi connectivity index (χ4n) is 1.71. The van der Waals surface area contributed by atoms with Crippen molar-refractivity contribution in [2.45, 2.75) is 0 Å². The van der Waals surface area contributed by atoms with Gasteiger partial charge in [-0.25, -0.2) is 8.78 Å². The summed E-state index contributed by atoms with van der Waals surface area (Å²) in [4.78, 5) is 0. The maximum atomic E-state index is 13.2. The van der Waals surface area contributed by atoms with Crippen LogP contribution < -0.4 is 0 Å². The molecule has 2 aromatic rings. The van der Waals surface area contributed by atoms with Gasteiger partial charge in [0.2, 0.25) is 0 Å². The molecule has 0 radical (unpaired) electrons. The number of halogens is 2. The first kappa shape index (κ1) is 12.0. The molecule has 0 aliphatic rings. The van der Waals surface area contributed by atoms with Crippen LogP contribution >= 0.6 is 0 Å². The van der Waals surface area contributed by atoms with Crippen LogP contribution in [0.4, 0.5) is 8.78 Å². The van der Waals surface area contributed by atoms with E-state index in [0.717, 1.165) is 0 Å². The fourth-order valence-corrected chi connectivity index (χ4v) is 1.71. The van der Waals surface area contributed by atoms with Crippen LogP contribution in [0.1, 0.15) is 11.1 Å². The Morgan fingerprint density at radius 2 is 1.44 bits per heavy atom. The van der Waals surface area contributed by atoms with Crippen LogP contribution in [-0.4, -0.2) is 0 Å². The van der Waals surface area contributed by atoms with Gasteiger partial charge >= 0.3 is 0 Å². The van der Waals surface area contributed by atoms with Gasteiger partial charge in [0, 0.05) is 6.08 Å². The average Bonchev–Trinajstić information content (AvgIpc) is 2.36. The molecule has 0 spiro atoms. The topological polar surface area (TPSA) is 23.8 Å². The lowest BCUT2D eigenvalue weighted by molar-refractivity contribution is 0.627. The standard InChI is InChI=1S/C15H9F2N/c16-13-5-1-3-11(9-13)15(7-8-18)12-4-2-6-14(17)10-12/h1-7,9-10H. The molecule has 0 saturated heterocycles. The van der Waals surface area contributed by atoms with E-state index in [1.165, 1.54) is 30.3 Å². The smallest absolute Gasteiger partial charge is 0.123 e. The van der Waals surface area contributed by atoms with Crippen molar-refractivity contribution < 1.29 is 8.78 Å². The lowest BCUT2D eigenvalue weighted by Crippen LogP contribution is -1.90. The maximum absolute atomic E-state index is 13.2. The van der Waals surface area contributed by atoms with Crippen LogP contribution in [0, 0.1) is 23.0 Å². The van der Waals surface area contributed by atoms with Gasteiger partial charge in [-0.3, -0.25) is 0 Å². The molecule has 0 aliphatic carbocycles. The predicted octanol–water partition coefficient (Wildman–Crippen LogP) is 3.92. The van der Waals surface area contributed by atoms with Gasteiger partial charge in [0.1, 0.15) is 11.6 Å². The van der Waals surface area contributed by atoms with E-state index in [2.05, 4.69) is 0 Å². The summed E-state index contributed by atoms with van der Waals surface area (Å²) in [5.74, 6) is -0.791. The average molecular weight is 241 g/mol. The number of nitrogens with zero attached hydrogens (tertiary/aromatic N) is 1. The molecular weight excluding hydrogens is 232 g/mol. The summed E-state index contributed by atoms with van der Waals surface area (Å²) in [6, 6.07) is 13.6. The van der Waals surface area contributed by atoms with E-state index in [9.17, 15) is 8.78 Å². The summed E-state index contributed by atoms with van der Waals surface area (Å²) in [6.07, 6.45) is 1.28. The number of rotatable bonds is 2. The van der Waals surface area contributed by atoms with E-state index in [4.69, 9.17) is 5.26 Å². The van der Waals surface area contributed by atoms with E-state index < -0.39 is 11.6 Å². The molecule has 0 unspecified atom stereocenters. The minimum atomic E-state index is -0.396. The van der Waals surface area contributed by atoms with Crippen molar-refractivity contribution in [3.63, 3.8) is 0 Å². The summed E-state index contributed by atoms with van der Waals surface area (Å²) in [5.41, 5.74) is 1.58. The molecule has 0 atom stereocenters. The molecule has 0 bridgehead atoms. The molecule has 2 aromatic carbocycles. The maximum Gasteiger partial charge on any atom is 0.123 e. The number of allylic oxidation sites excluding steroid dienone is 1. The van der Waals surface area contributed by atoms with Crippen LogP contribution in [0.3, 0.4) is 0 Å². The molecule has 2 rings (SSSR count). The van der Waals surface area contributed by atoms with E-state index >= 15 is 0 Å². The molecular formula is C15H9F2N. The Morgan fingerprint density at radius 3 is 1.83 bits per heavy atom.